The number of rotatable bonds is 2. The third kappa shape index (κ3) is 1.71. The lowest BCUT2D eigenvalue weighted by Crippen LogP contribution is -2.29. The number of Topliss-reactive ketones (excluding diaryl/α,β-unsaturated/α-hetero) is 1. The number of carbonyl (C=O) groups excluding carboxylic acids is 1. The molecule has 3 rings (SSSR count). The summed E-state index contributed by atoms with van der Waals surface area (Å²) in [5.41, 5.74) is 0.734. The summed E-state index contributed by atoms with van der Waals surface area (Å²) in [4.78, 5) is 12.3. The highest BCUT2D eigenvalue weighted by atomic mass is 16.3. The highest BCUT2D eigenvalue weighted by Crippen LogP contribution is 2.62. The van der Waals surface area contributed by atoms with E-state index in [9.17, 15) is 9.90 Å². The van der Waals surface area contributed by atoms with E-state index in [0.717, 1.165) is 37.7 Å². The summed E-state index contributed by atoms with van der Waals surface area (Å²) >= 11 is 0. The van der Waals surface area contributed by atoms with Gasteiger partial charge in [-0.15, -0.1) is 0 Å². The Morgan fingerprint density at radius 1 is 1.24 bits per heavy atom. The van der Waals surface area contributed by atoms with Gasteiger partial charge in [-0.05, 0) is 19.3 Å². The second kappa shape index (κ2) is 3.95. The predicted molar refractivity (Wildman–Crippen MR) is 65.8 cm³/mol. The molecule has 1 aromatic rings. The van der Waals surface area contributed by atoms with E-state index in [1.165, 1.54) is 0 Å². The molecule has 17 heavy (non-hydrogen) atoms. The second-order valence-electron chi connectivity index (χ2n) is 5.48. The number of hydrogen-bond acceptors (Lipinski definition) is 2. The Morgan fingerprint density at radius 3 is 2.71 bits per heavy atom. The van der Waals surface area contributed by atoms with Crippen LogP contribution in [-0.4, -0.2) is 17.0 Å². The van der Waals surface area contributed by atoms with E-state index < -0.39 is 0 Å². The monoisotopic (exact) mass is 230 g/mol. The van der Waals surface area contributed by atoms with Crippen molar-refractivity contribution in [3.8, 4) is 0 Å². The van der Waals surface area contributed by atoms with E-state index >= 15 is 0 Å². The number of hydrogen-bond donors (Lipinski definition) is 1. The maximum absolute atomic E-state index is 12.3. The van der Waals surface area contributed by atoms with E-state index in [2.05, 4.69) is 0 Å². The fourth-order valence-corrected chi connectivity index (χ4v) is 3.37. The maximum atomic E-state index is 12.3. The quantitative estimate of drug-likeness (QED) is 0.793. The fraction of sp³-hybridized carbons (Fsp3) is 0.533. The van der Waals surface area contributed by atoms with Crippen molar-refractivity contribution >= 4 is 5.78 Å². The van der Waals surface area contributed by atoms with Crippen LogP contribution in [0.25, 0.3) is 0 Å². The molecule has 0 heterocycles. The molecule has 1 aromatic carbocycles. The van der Waals surface area contributed by atoms with Crippen LogP contribution in [0.2, 0.25) is 0 Å². The zero-order valence-electron chi connectivity index (χ0n) is 9.93. The maximum Gasteiger partial charge on any atom is 0.166 e. The second-order valence-corrected chi connectivity index (χ2v) is 5.48. The summed E-state index contributed by atoms with van der Waals surface area (Å²) in [6.45, 7) is 0. The van der Waals surface area contributed by atoms with Crippen molar-refractivity contribution in [1.82, 2.24) is 0 Å². The highest BCUT2D eigenvalue weighted by molar-refractivity contribution is 6.00. The van der Waals surface area contributed by atoms with Gasteiger partial charge in [0.05, 0.1) is 6.10 Å². The van der Waals surface area contributed by atoms with Crippen molar-refractivity contribution in [3.63, 3.8) is 0 Å². The van der Waals surface area contributed by atoms with Crippen LogP contribution in [0.3, 0.4) is 0 Å². The predicted octanol–water partition coefficient (Wildman–Crippen LogP) is 2.81. The van der Waals surface area contributed by atoms with Crippen LogP contribution in [0.1, 0.15) is 42.5 Å². The van der Waals surface area contributed by atoms with Gasteiger partial charge in [0, 0.05) is 16.9 Å². The molecule has 0 radical (unpaired) electrons. The third-order valence-electron chi connectivity index (χ3n) is 4.53. The van der Waals surface area contributed by atoms with Crippen LogP contribution >= 0.6 is 0 Å². The summed E-state index contributed by atoms with van der Waals surface area (Å²) < 4.78 is 0. The Bertz CT molecular complexity index is 426. The molecule has 0 amide bonds. The van der Waals surface area contributed by atoms with E-state index in [0.29, 0.717) is 0 Å². The van der Waals surface area contributed by atoms with Crippen molar-refractivity contribution in [2.24, 2.45) is 11.3 Å². The Hall–Kier alpha value is -1.15. The summed E-state index contributed by atoms with van der Waals surface area (Å²) in [6, 6.07) is 9.49. The van der Waals surface area contributed by atoms with Crippen LogP contribution in [0.15, 0.2) is 30.3 Å². The molecular weight excluding hydrogens is 212 g/mol. The number of aliphatic hydroxyl groups is 1. The lowest BCUT2D eigenvalue weighted by atomic mass is 9.80. The highest BCUT2D eigenvalue weighted by Gasteiger charge is 2.61. The minimum atomic E-state index is -0.256. The molecule has 2 fully saturated rings. The van der Waals surface area contributed by atoms with Crippen LogP contribution in [0.5, 0.6) is 0 Å². The van der Waals surface area contributed by atoms with Gasteiger partial charge in [0.2, 0.25) is 0 Å². The molecule has 0 aliphatic heterocycles. The zero-order valence-corrected chi connectivity index (χ0v) is 9.93. The Balaban J connectivity index is 1.78. The van der Waals surface area contributed by atoms with Crippen LogP contribution in [0, 0.1) is 11.3 Å². The molecule has 2 heteroatoms. The average Bonchev–Trinajstić information content (AvgIpc) is 3.09. The van der Waals surface area contributed by atoms with Gasteiger partial charge < -0.3 is 5.11 Å². The molecule has 0 bridgehead atoms. The van der Waals surface area contributed by atoms with E-state index in [-0.39, 0.29) is 23.2 Å². The topological polar surface area (TPSA) is 37.3 Å². The molecule has 1 N–H and O–H groups in total. The van der Waals surface area contributed by atoms with Crippen molar-refractivity contribution < 1.29 is 9.90 Å². The number of carbonyl (C=O) groups is 1. The standard InChI is InChI=1S/C15H18O2/c16-13-8-4-5-9-15(13)10-12(15)14(17)11-6-2-1-3-7-11/h1-3,6-7,12-13,16H,4-5,8-10H2/t12-,13-,15-/m0/s1. The van der Waals surface area contributed by atoms with Crippen molar-refractivity contribution in [1.29, 1.82) is 0 Å². The number of aliphatic hydroxyl groups excluding tert-OH is 1. The summed E-state index contributed by atoms with van der Waals surface area (Å²) in [6.07, 6.45) is 4.80. The SMILES string of the molecule is O=C(c1ccccc1)[C@@H]1C[C@@]12CCCC[C@@H]2O. The Morgan fingerprint density at radius 2 is 2.00 bits per heavy atom. The molecule has 90 valence electrons. The van der Waals surface area contributed by atoms with E-state index in [1.807, 2.05) is 30.3 Å². The fourth-order valence-electron chi connectivity index (χ4n) is 3.37. The van der Waals surface area contributed by atoms with Gasteiger partial charge in [-0.3, -0.25) is 4.79 Å². The molecular formula is C15H18O2. The number of ketones is 1. The largest absolute Gasteiger partial charge is 0.393 e. The zero-order chi connectivity index (χ0) is 11.9. The van der Waals surface area contributed by atoms with Gasteiger partial charge in [-0.1, -0.05) is 43.2 Å². The third-order valence-corrected chi connectivity index (χ3v) is 4.53. The van der Waals surface area contributed by atoms with Gasteiger partial charge >= 0.3 is 0 Å². The van der Waals surface area contributed by atoms with Gasteiger partial charge in [0.25, 0.3) is 0 Å². The molecule has 0 aromatic heterocycles. The van der Waals surface area contributed by atoms with Crippen molar-refractivity contribution in [3.05, 3.63) is 35.9 Å². The molecule has 2 nitrogen and oxygen atoms in total. The first-order chi connectivity index (χ1) is 8.24. The average molecular weight is 230 g/mol. The molecule has 0 saturated heterocycles. The minimum absolute atomic E-state index is 0.0643. The smallest absolute Gasteiger partial charge is 0.166 e. The Labute approximate surface area is 102 Å². The van der Waals surface area contributed by atoms with Gasteiger partial charge in [-0.2, -0.15) is 0 Å². The first-order valence-electron chi connectivity index (χ1n) is 6.51. The van der Waals surface area contributed by atoms with Crippen molar-refractivity contribution in [2.75, 3.05) is 0 Å². The normalized spacial score (nSPS) is 35.8. The van der Waals surface area contributed by atoms with E-state index in [4.69, 9.17) is 0 Å². The molecule has 0 unspecified atom stereocenters. The van der Waals surface area contributed by atoms with Gasteiger partial charge in [0.15, 0.2) is 5.78 Å². The number of benzene rings is 1. The lowest BCUT2D eigenvalue weighted by Gasteiger charge is -2.28. The molecule has 1 spiro atoms. The van der Waals surface area contributed by atoms with Crippen LogP contribution < -0.4 is 0 Å². The molecule has 2 aliphatic rings. The summed E-state index contributed by atoms with van der Waals surface area (Å²) in [5.74, 6) is 0.298. The first kappa shape index (κ1) is 11.0. The van der Waals surface area contributed by atoms with Gasteiger partial charge in [0.1, 0.15) is 0 Å². The molecule has 3 atom stereocenters. The van der Waals surface area contributed by atoms with Crippen LogP contribution in [-0.2, 0) is 0 Å². The first-order valence-corrected chi connectivity index (χ1v) is 6.51. The summed E-state index contributed by atoms with van der Waals surface area (Å²) in [5, 5.41) is 10.1. The summed E-state index contributed by atoms with van der Waals surface area (Å²) in [7, 11) is 0. The van der Waals surface area contributed by atoms with Crippen LogP contribution in [0.4, 0.5) is 0 Å². The minimum Gasteiger partial charge on any atom is -0.393 e. The lowest BCUT2D eigenvalue weighted by molar-refractivity contribution is 0.0425. The van der Waals surface area contributed by atoms with Gasteiger partial charge in [-0.25, -0.2) is 0 Å². The molecule has 2 aliphatic carbocycles. The Kier molecular flexibility index (Phi) is 2.55. The van der Waals surface area contributed by atoms with E-state index in [1.54, 1.807) is 0 Å². The molecule has 2 saturated carbocycles. The van der Waals surface area contributed by atoms with Crippen molar-refractivity contribution in [2.45, 2.75) is 38.2 Å².